The Kier molecular flexibility index (Phi) is 4.43. The highest BCUT2D eigenvalue weighted by Gasteiger charge is 2.18. The molecular weight excluding hydrogens is 289 g/mol. The molecule has 0 spiro atoms. The van der Waals surface area contributed by atoms with Gasteiger partial charge in [0, 0.05) is 17.1 Å². The van der Waals surface area contributed by atoms with Crippen molar-refractivity contribution in [2.24, 2.45) is 0 Å². The van der Waals surface area contributed by atoms with E-state index in [-0.39, 0.29) is 17.0 Å². The maximum atomic E-state index is 12.5. The second-order valence-electron chi connectivity index (χ2n) is 2.72. The number of hydrogen-bond donors (Lipinski definition) is 0. The van der Waals surface area contributed by atoms with Crippen molar-refractivity contribution in [1.29, 1.82) is 5.26 Å². The number of alkyl halides is 3. The molecule has 0 N–H and O–H groups in total. The van der Waals surface area contributed by atoms with Gasteiger partial charge in [-0.05, 0) is 0 Å². The monoisotopic (exact) mass is 294 g/mol. The second-order valence-corrected chi connectivity index (χ2v) is 3.66. The van der Waals surface area contributed by atoms with Crippen molar-refractivity contribution in [1.82, 2.24) is 4.98 Å². The summed E-state index contributed by atoms with van der Waals surface area (Å²) < 4.78 is 24.9. The molecule has 80 valence electrons. The number of nitriles is 1. The van der Waals surface area contributed by atoms with Gasteiger partial charge < -0.3 is 0 Å². The molecule has 6 heteroatoms. The number of nitrogens with zero attached hydrogens (tertiary/aromatic N) is 2. The van der Waals surface area contributed by atoms with Crippen LogP contribution in [0, 0.1) is 11.3 Å². The van der Waals surface area contributed by atoms with Gasteiger partial charge in [-0.2, -0.15) is 5.26 Å². The molecule has 0 aromatic carbocycles. The van der Waals surface area contributed by atoms with Gasteiger partial charge in [0.2, 0.25) is 0 Å². The minimum Gasteiger partial charge on any atom is -0.259 e. The zero-order chi connectivity index (χ0) is 11.4. The van der Waals surface area contributed by atoms with Gasteiger partial charge in [-0.1, -0.05) is 27.5 Å². The molecule has 0 saturated heterocycles. The molecule has 0 aliphatic heterocycles. The summed E-state index contributed by atoms with van der Waals surface area (Å²) in [6.45, 7) is 0. The molecule has 1 aromatic heterocycles. The van der Waals surface area contributed by atoms with E-state index in [4.69, 9.17) is 16.9 Å². The lowest BCUT2D eigenvalue weighted by Gasteiger charge is -2.09. The zero-order valence-electron chi connectivity index (χ0n) is 7.48. The van der Waals surface area contributed by atoms with Crippen LogP contribution < -0.4 is 0 Å². The molecule has 2 nitrogen and oxygen atoms in total. The third-order valence-corrected chi connectivity index (χ3v) is 2.82. The quantitative estimate of drug-likeness (QED) is 0.798. The Morgan fingerprint density at radius 2 is 2.27 bits per heavy atom. The summed E-state index contributed by atoms with van der Waals surface area (Å²) in [7, 11) is 0. The summed E-state index contributed by atoms with van der Waals surface area (Å²) in [4.78, 5) is 3.84. The van der Waals surface area contributed by atoms with Gasteiger partial charge in [-0.3, -0.25) is 4.98 Å². The summed E-state index contributed by atoms with van der Waals surface area (Å²) in [5, 5.41) is 8.88. The summed E-state index contributed by atoms with van der Waals surface area (Å²) in [5.41, 5.74) is 0.561. The van der Waals surface area contributed by atoms with Crippen LogP contribution in [-0.4, -0.2) is 4.98 Å². The first-order chi connectivity index (χ1) is 7.11. The maximum absolute atomic E-state index is 12.5. The van der Waals surface area contributed by atoms with E-state index >= 15 is 0 Å². The van der Waals surface area contributed by atoms with Crippen LogP contribution in [0.1, 0.15) is 23.2 Å². The van der Waals surface area contributed by atoms with Crippen LogP contribution in [0.25, 0.3) is 0 Å². The van der Waals surface area contributed by atoms with Crippen LogP contribution >= 0.6 is 27.5 Å². The summed E-state index contributed by atoms with van der Waals surface area (Å²) >= 11 is 8.93. The minimum atomic E-state index is -2.67. The molecule has 15 heavy (non-hydrogen) atoms. The third kappa shape index (κ3) is 2.64. The maximum Gasteiger partial charge on any atom is 0.266 e. The van der Waals surface area contributed by atoms with E-state index < -0.39 is 6.43 Å². The lowest BCUT2D eigenvalue weighted by Crippen LogP contribution is -2.00. The molecule has 0 atom stereocenters. The lowest BCUT2D eigenvalue weighted by molar-refractivity contribution is 0.151. The average Bonchev–Trinajstić information content (AvgIpc) is 2.20. The van der Waals surface area contributed by atoms with E-state index in [2.05, 4.69) is 20.9 Å². The highest BCUT2D eigenvalue weighted by Crippen LogP contribution is 2.31. The average molecular weight is 296 g/mol. The van der Waals surface area contributed by atoms with Gasteiger partial charge in [-0.25, -0.2) is 8.78 Å². The Morgan fingerprint density at radius 3 is 2.73 bits per heavy atom. The summed E-state index contributed by atoms with van der Waals surface area (Å²) in [5.74, 6) is 0. The third-order valence-electron chi connectivity index (χ3n) is 1.84. The fourth-order valence-corrected chi connectivity index (χ4v) is 1.90. The SMILES string of the molecule is N#CCc1c(CBr)ncc(C(F)F)c1Cl. The van der Waals surface area contributed by atoms with Crippen LogP contribution in [0.3, 0.4) is 0 Å². The van der Waals surface area contributed by atoms with E-state index in [1.807, 2.05) is 6.07 Å². The predicted octanol–water partition coefficient (Wildman–Crippen LogP) is 3.63. The Bertz CT molecular complexity index is 404. The van der Waals surface area contributed by atoms with Crippen LogP contribution in [-0.2, 0) is 11.8 Å². The van der Waals surface area contributed by atoms with Crippen LogP contribution in [0.4, 0.5) is 8.78 Å². The molecule has 1 rings (SSSR count). The fourth-order valence-electron chi connectivity index (χ4n) is 1.11. The van der Waals surface area contributed by atoms with Crippen molar-refractivity contribution < 1.29 is 8.78 Å². The smallest absolute Gasteiger partial charge is 0.259 e. The van der Waals surface area contributed by atoms with E-state index in [0.29, 0.717) is 16.6 Å². The van der Waals surface area contributed by atoms with Crippen molar-refractivity contribution >= 4 is 27.5 Å². The standard InChI is InChI=1S/C9H6BrClF2N2/c10-3-7-5(1-2-14)8(11)6(4-15-7)9(12)13/h4,9H,1,3H2. The highest BCUT2D eigenvalue weighted by molar-refractivity contribution is 9.08. The summed E-state index contributed by atoms with van der Waals surface area (Å²) in [6, 6.07) is 1.88. The van der Waals surface area contributed by atoms with E-state index in [9.17, 15) is 8.78 Å². The van der Waals surface area contributed by atoms with E-state index in [0.717, 1.165) is 6.20 Å². The molecule has 0 unspecified atom stereocenters. The van der Waals surface area contributed by atoms with Crippen LogP contribution in [0.2, 0.25) is 5.02 Å². The highest BCUT2D eigenvalue weighted by atomic mass is 79.9. The van der Waals surface area contributed by atoms with Crippen molar-refractivity contribution in [3.05, 3.63) is 28.0 Å². The van der Waals surface area contributed by atoms with Crippen LogP contribution in [0.5, 0.6) is 0 Å². The van der Waals surface area contributed by atoms with Crippen molar-refractivity contribution in [2.75, 3.05) is 0 Å². The fraction of sp³-hybridized carbons (Fsp3) is 0.333. The molecule has 0 radical (unpaired) electrons. The first-order valence-electron chi connectivity index (χ1n) is 3.99. The van der Waals surface area contributed by atoms with Crippen molar-refractivity contribution in [3.8, 4) is 6.07 Å². The van der Waals surface area contributed by atoms with Gasteiger partial charge in [0.15, 0.2) is 0 Å². The van der Waals surface area contributed by atoms with E-state index in [1.165, 1.54) is 0 Å². The number of pyridine rings is 1. The molecule has 0 aliphatic carbocycles. The zero-order valence-corrected chi connectivity index (χ0v) is 9.82. The Labute approximate surface area is 99.0 Å². The molecule has 0 saturated carbocycles. The first-order valence-corrected chi connectivity index (χ1v) is 5.49. The Balaban J connectivity index is 3.30. The summed E-state index contributed by atoms with van der Waals surface area (Å²) in [6.07, 6.45) is -1.65. The van der Waals surface area contributed by atoms with Crippen molar-refractivity contribution in [3.63, 3.8) is 0 Å². The van der Waals surface area contributed by atoms with Crippen LogP contribution in [0.15, 0.2) is 6.20 Å². The molecular formula is C9H6BrClF2N2. The topological polar surface area (TPSA) is 36.7 Å². The second kappa shape index (κ2) is 5.38. The number of hydrogen-bond acceptors (Lipinski definition) is 2. The van der Waals surface area contributed by atoms with E-state index in [1.54, 1.807) is 0 Å². The Morgan fingerprint density at radius 1 is 1.60 bits per heavy atom. The number of rotatable bonds is 3. The largest absolute Gasteiger partial charge is 0.266 e. The first kappa shape index (κ1) is 12.3. The van der Waals surface area contributed by atoms with Gasteiger partial charge in [0.1, 0.15) is 0 Å². The molecule has 1 aromatic rings. The molecule has 0 aliphatic rings. The molecule has 1 heterocycles. The normalized spacial score (nSPS) is 10.4. The van der Waals surface area contributed by atoms with Gasteiger partial charge in [0.25, 0.3) is 6.43 Å². The number of aromatic nitrogens is 1. The van der Waals surface area contributed by atoms with Gasteiger partial charge >= 0.3 is 0 Å². The molecule has 0 fully saturated rings. The predicted molar refractivity (Wildman–Crippen MR) is 56.2 cm³/mol. The van der Waals surface area contributed by atoms with Gasteiger partial charge in [-0.15, -0.1) is 0 Å². The number of halogens is 4. The van der Waals surface area contributed by atoms with Crippen molar-refractivity contribution in [2.45, 2.75) is 18.2 Å². The lowest BCUT2D eigenvalue weighted by atomic mass is 10.1. The molecule has 0 amide bonds. The Hall–Kier alpha value is -0.730. The minimum absolute atomic E-state index is 0.0205. The molecule has 0 bridgehead atoms. The van der Waals surface area contributed by atoms with Gasteiger partial charge in [0.05, 0.1) is 28.8 Å².